The summed E-state index contributed by atoms with van der Waals surface area (Å²) in [5, 5.41) is 3.17. The molecule has 2 atom stereocenters. The Morgan fingerprint density at radius 3 is 0.891 bits per heavy atom. The van der Waals surface area contributed by atoms with Crippen molar-refractivity contribution in [1.29, 1.82) is 0 Å². The number of ether oxygens (including phenoxy) is 6. The highest BCUT2D eigenvalue weighted by Gasteiger charge is 2.30. The van der Waals surface area contributed by atoms with Gasteiger partial charge in [0.05, 0.1) is 39.3 Å². The lowest BCUT2D eigenvalue weighted by Crippen LogP contribution is -2.46. The molecule has 0 spiro atoms. The first-order valence-electron chi connectivity index (χ1n) is 25.8. The van der Waals surface area contributed by atoms with Crippen molar-refractivity contribution in [2.75, 3.05) is 39.5 Å². The Balaban J connectivity index is 2.74. The van der Waals surface area contributed by atoms with Gasteiger partial charge in [-0.15, -0.1) is 0 Å². The SMILES string of the molecule is CCCCCCCCC(=O)OCC(COC(=O)CCCCCCCC)CC(=O)O[C@@H]1CNC[C@H](OC(=O)CC(COC(=O)CCCCCCCC)COC(=O)CCCCCCCC)C1. The van der Waals surface area contributed by atoms with Gasteiger partial charge in [0.2, 0.25) is 0 Å². The zero-order valence-electron chi connectivity index (χ0n) is 40.9. The summed E-state index contributed by atoms with van der Waals surface area (Å²) in [7, 11) is 0. The van der Waals surface area contributed by atoms with Crippen LogP contribution in [0.3, 0.4) is 0 Å². The minimum absolute atomic E-state index is 0.0683. The lowest BCUT2D eigenvalue weighted by atomic mass is 10.1. The van der Waals surface area contributed by atoms with Gasteiger partial charge in [0.25, 0.3) is 0 Å². The van der Waals surface area contributed by atoms with E-state index < -0.39 is 36.0 Å². The van der Waals surface area contributed by atoms with Crippen LogP contribution in [0.1, 0.15) is 227 Å². The van der Waals surface area contributed by atoms with E-state index in [1.807, 2.05) is 0 Å². The topological polar surface area (TPSA) is 170 Å². The quantitative estimate of drug-likeness (QED) is 0.0349. The Morgan fingerprint density at radius 1 is 0.375 bits per heavy atom. The van der Waals surface area contributed by atoms with Crippen molar-refractivity contribution in [2.24, 2.45) is 11.8 Å². The summed E-state index contributed by atoms with van der Waals surface area (Å²) < 4.78 is 33.8. The Bertz CT molecular complexity index is 1070. The van der Waals surface area contributed by atoms with E-state index >= 15 is 0 Å². The molecule has 13 nitrogen and oxygen atoms in total. The Morgan fingerprint density at radius 2 is 0.625 bits per heavy atom. The highest BCUT2D eigenvalue weighted by molar-refractivity contribution is 5.72. The maximum Gasteiger partial charge on any atom is 0.306 e. The number of piperidine rings is 1. The summed E-state index contributed by atoms with van der Waals surface area (Å²) in [4.78, 5) is 76.8. The molecule has 64 heavy (non-hydrogen) atoms. The van der Waals surface area contributed by atoms with E-state index in [1.54, 1.807) is 0 Å². The van der Waals surface area contributed by atoms with E-state index in [2.05, 4.69) is 33.0 Å². The first-order valence-corrected chi connectivity index (χ1v) is 25.8. The Labute approximate surface area is 387 Å². The molecule has 0 unspecified atom stereocenters. The van der Waals surface area contributed by atoms with Crippen molar-refractivity contribution in [1.82, 2.24) is 5.32 Å². The van der Waals surface area contributed by atoms with Gasteiger partial charge in [-0.05, 0) is 25.7 Å². The van der Waals surface area contributed by atoms with E-state index in [0.29, 0.717) is 38.8 Å². The second-order valence-corrected chi connectivity index (χ2v) is 18.1. The number of hydrogen-bond donors (Lipinski definition) is 1. The third-order valence-electron chi connectivity index (χ3n) is 11.6. The molecule has 0 amide bonds. The first kappa shape index (κ1) is 58.8. The van der Waals surface area contributed by atoms with E-state index in [0.717, 1.165) is 128 Å². The lowest BCUT2D eigenvalue weighted by Gasteiger charge is -2.30. The minimum Gasteiger partial charge on any atom is -0.465 e. The van der Waals surface area contributed by atoms with Gasteiger partial charge in [0.15, 0.2) is 0 Å². The molecule has 1 aliphatic rings. The minimum atomic E-state index is -0.591. The predicted molar refractivity (Wildman–Crippen MR) is 249 cm³/mol. The molecular weight excluding hydrogens is 819 g/mol. The van der Waals surface area contributed by atoms with Crippen molar-refractivity contribution in [3.05, 3.63) is 0 Å². The van der Waals surface area contributed by atoms with Crippen LogP contribution < -0.4 is 5.32 Å². The third-order valence-corrected chi connectivity index (χ3v) is 11.6. The van der Waals surface area contributed by atoms with Gasteiger partial charge in [-0.2, -0.15) is 0 Å². The number of esters is 6. The second kappa shape index (κ2) is 41.2. The second-order valence-electron chi connectivity index (χ2n) is 18.1. The largest absolute Gasteiger partial charge is 0.465 e. The summed E-state index contributed by atoms with van der Waals surface area (Å²) in [6, 6.07) is 0. The van der Waals surface area contributed by atoms with E-state index in [4.69, 9.17) is 28.4 Å². The molecule has 13 heteroatoms. The number of carbonyl (C=O) groups is 6. The number of hydrogen-bond acceptors (Lipinski definition) is 13. The summed E-state index contributed by atoms with van der Waals surface area (Å²) in [6.45, 7) is 9.09. The third kappa shape index (κ3) is 35.1. The molecule has 0 saturated carbocycles. The van der Waals surface area contributed by atoms with Crippen LogP contribution in [0, 0.1) is 11.8 Å². The highest BCUT2D eigenvalue weighted by Crippen LogP contribution is 2.19. The van der Waals surface area contributed by atoms with Gasteiger partial charge in [0, 0.05) is 57.0 Å². The smallest absolute Gasteiger partial charge is 0.306 e. The zero-order chi connectivity index (χ0) is 46.9. The van der Waals surface area contributed by atoms with Crippen molar-refractivity contribution in [2.45, 2.75) is 239 Å². The molecule has 372 valence electrons. The summed E-state index contributed by atoms with van der Waals surface area (Å²) in [5.41, 5.74) is 0. The van der Waals surface area contributed by atoms with Crippen molar-refractivity contribution < 1.29 is 57.2 Å². The molecule has 1 saturated heterocycles. The van der Waals surface area contributed by atoms with Gasteiger partial charge in [-0.3, -0.25) is 28.8 Å². The average Bonchev–Trinajstić information content (AvgIpc) is 3.27. The van der Waals surface area contributed by atoms with Crippen LogP contribution in [0.2, 0.25) is 0 Å². The fourth-order valence-electron chi connectivity index (χ4n) is 7.65. The normalized spacial score (nSPS) is 14.9. The van der Waals surface area contributed by atoms with Crippen molar-refractivity contribution in [3.63, 3.8) is 0 Å². The lowest BCUT2D eigenvalue weighted by molar-refractivity contribution is -0.163. The molecular formula is C51H91NO12. The Kier molecular flexibility index (Phi) is 37.9. The summed E-state index contributed by atoms with van der Waals surface area (Å²) in [5.74, 6) is -3.57. The van der Waals surface area contributed by atoms with Gasteiger partial charge in [0.1, 0.15) is 12.2 Å². The van der Waals surface area contributed by atoms with Crippen molar-refractivity contribution >= 4 is 35.8 Å². The number of nitrogens with one attached hydrogen (secondary N) is 1. The van der Waals surface area contributed by atoms with Gasteiger partial charge < -0.3 is 33.7 Å². The molecule has 1 fully saturated rings. The zero-order valence-corrected chi connectivity index (χ0v) is 40.9. The molecule has 0 bridgehead atoms. The molecule has 0 radical (unpaired) electrons. The summed E-state index contributed by atoms with van der Waals surface area (Å²) >= 11 is 0. The molecule has 0 aliphatic carbocycles. The average molecular weight is 910 g/mol. The molecule has 1 N–H and O–H groups in total. The van der Waals surface area contributed by atoms with Crippen LogP contribution in [0.4, 0.5) is 0 Å². The fourth-order valence-corrected chi connectivity index (χ4v) is 7.65. The van der Waals surface area contributed by atoms with Crippen LogP contribution in [-0.4, -0.2) is 87.5 Å². The first-order chi connectivity index (χ1) is 31.1. The Hall–Kier alpha value is -3.22. The molecule has 1 aliphatic heterocycles. The van der Waals surface area contributed by atoms with E-state index in [9.17, 15) is 28.8 Å². The fraction of sp³-hybridized carbons (Fsp3) is 0.882. The van der Waals surface area contributed by atoms with Crippen LogP contribution in [0.15, 0.2) is 0 Å². The number of carbonyl (C=O) groups excluding carboxylic acids is 6. The highest BCUT2D eigenvalue weighted by atomic mass is 16.6. The maximum atomic E-state index is 13.3. The predicted octanol–water partition coefficient (Wildman–Crippen LogP) is 11.0. The number of rotatable bonds is 42. The number of unbranched alkanes of at least 4 members (excludes halogenated alkanes) is 20. The summed E-state index contributed by atoms with van der Waals surface area (Å²) in [6.07, 6.45) is 25.1. The standard InChI is InChI=1S/C51H91NO12/c1-5-9-13-17-21-25-29-46(53)59-38-42(39-60-47(54)30-26-22-18-14-10-6-2)33-50(57)63-44-35-45(37-52-36-44)64-51(58)34-43(40-61-48(55)31-27-23-19-15-11-7-3)41-62-49(56)32-28-24-20-16-12-8-4/h42-45,52H,5-41H2,1-4H3/t44-,45+. The molecule has 0 aromatic carbocycles. The molecule has 1 heterocycles. The van der Waals surface area contributed by atoms with Gasteiger partial charge >= 0.3 is 35.8 Å². The van der Waals surface area contributed by atoms with Gasteiger partial charge in [-0.1, -0.05) is 156 Å². The molecule has 1 rings (SSSR count). The van der Waals surface area contributed by atoms with Crippen molar-refractivity contribution in [3.8, 4) is 0 Å². The monoisotopic (exact) mass is 910 g/mol. The van der Waals surface area contributed by atoms with Crippen LogP contribution >= 0.6 is 0 Å². The maximum absolute atomic E-state index is 13.3. The van der Waals surface area contributed by atoms with Crippen LogP contribution in [0.25, 0.3) is 0 Å². The van der Waals surface area contributed by atoms with Crippen LogP contribution in [0.5, 0.6) is 0 Å². The molecule has 0 aromatic rings. The van der Waals surface area contributed by atoms with Gasteiger partial charge in [-0.25, -0.2) is 0 Å². The van der Waals surface area contributed by atoms with E-state index in [1.165, 1.54) is 25.7 Å². The van der Waals surface area contributed by atoms with E-state index in [-0.39, 0.29) is 69.6 Å². The van der Waals surface area contributed by atoms with Crippen LogP contribution in [-0.2, 0) is 57.2 Å². The molecule has 0 aromatic heterocycles.